The van der Waals surface area contributed by atoms with Crippen molar-refractivity contribution in [3.8, 4) is 0 Å². The van der Waals surface area contributed by atoms with Crippen molar-refractivity contribution in [1.29, 1.82) is 0 Å². The number of aliphatic hydroxyl groups is 1. The van der Waals surface area contributed by atoms with Gasteiger partial charge in [0.05, 0.1) is 24.5 Å². The zero-order valence-electron chi connectivity index (χ0n) is 15.9. The molecule has 0 aromatic rings. The number of ketones is 1. The Bertz CT molecular complexity index is 453. The molecule has 1 aliphatic rings. The first-order valence-electron chi connectivity index (χ1n) is 9.19. The lowest BCUT2D eigenvalue weighted by Gasteiger charge is -2.32. The largest absolute Gasteiger partial charge is 0.465 e. The number of cyclic esters (lactones) is 1. The number of carbonyl (C=O) groups is 2. The number of esters is 1. The highest BCUT2D eigenvalue weighted by molar-refractivity contribution is 5.87. The number of carbonyl (C=O) groups excluding carboxylic acids is 2. The molecule has 138 valence electrons. The van der Waals surface area contributed by atoms with Gasteiger partial charge in [0.25, 0.3) is 0 Å². The lowest BCUT2D eigenvalue weighted by molar-refractivity contribution is -0.151. The molecule has 0 amide bonds. The van der Waals surface area contributed by atoms with Crippen molar-refractivity contribution >= 4 is 11.8 Å². The second kappa shape index (κ2) is 9.36. The molecule has 24 heavy (non-hydrogen) atoms. The van der Waals surface area contributed by atoms with Crippen molar-refractivity contribution in [2.75, 3.05) is 6.61 Å². The van der Waals surface area contributed by atoms with Gasteiger partial charge in [-0.15, -0.1) is 0 Å². The molecule has 1 heterocycles. The van der Waals surface area contributed by atoms with Crippen LogP contribution in [0.5, 0.6) is 0 Å². The van der Waals surface area contributed by atoms with E-state index in [-0.39, 0.29) is 24.0 Å². The molecular weight excluding hydrogens is 304 g/mol. The van der Waals surface area contributed by atoms with Crippen LogP contribution in [0.2, 0.25) is 0 Å². The summed E-state index contributed by atoms with van der Waals surface area (Å²) in [6.45, 7) is 9.87. The zero-order chi connectivity index (χ0) is 18.3. The van der Waals surface area contributed by atoms with Gasteiger partial charge in [0.1, 0.15) is 5.78 Å². The molecule has 4 atom stereocenters. The van der Waals surface area contributed by atoms with Gasteiger partial charge in [0, 0.05) is 11.8 Å². The third-order valence-electron chi connectivity index (χ3n) is 5.07. The first kappa shape index (κ1) is 20.9. The lowest BCUT2D eigenvalue weighted by atomic mass is 9.74. The maximum Gasteiger partial charge on any atom is 0.308 e. The Kier molecular flexibility index (Phi) is 8.14. The number of hydrogen-bond donors (Lipinski definition) is 1. The summed E-state index contributed by atoms with van der Waals surface area (Å²) in [6, 6.07) is 0. The number of rotatable bonds is 0. The van der Waals surface area contributed by atoms with Crippen molar-refractivity contribution < 1.29 is 19.4 Å². The van der Waals surface area contributed by atoms with Crippen molar-refractivity contribution in [1.82, 2.24) is 0 Å². The summed E-state index contributed by atoms with van der Waals surface area (Å²) in [5.74, 6) is 0.0857. The summed E-state index contributed by atoms with van der Waals surface area (Å²) < 4.78 is 5.24. The van der Waals surface area contributed by atoms with Gasteiger partial charge in [-0.25, -0.2) is 0 Å². The average Bonchev–Trinajstić information content (AvgIpc) is 2.50. The fourth-order valence-electron chi connectivity index (χ4n) is 3.29. The standard InChI is InChI=1S/C20H34O4/c1-14-9-7-6-8-10-15(2)13-24-18(22)12-17(21)20(4,5)19(23)16(3)11-14/h8,10,14-17,21H,6-7,9,11-13H2,1-5H3/b10-8-/t14?,15-,16?,17?/m0/s1. The summed E-state index contributed by atoms with van der Waals surface area (Å²) >= 11 is 0. The molecule has 0 fully saturated rings. The topological polar surface area (TPSA) is 63.6 Å². The quantitative estimate of drug-likeness (QED) is 0.537. The third-order valence-corrected chi connectivity index (χ3v) is 5.07. The fourth-order valence-corrected chi connectivity index (χ4v) is 3.29. The van der Waals surface area contributed by atoms with E-state index in [9.17, 15) is 14.7 Å². The summed E-state index contributed by atoms with van der Waals surface area (Å²) in [5.41, 5.74) is -0.944. The van der Waals surface area contributed by atoms with Crippen LogP contribution in [-0.4, -0.2) is 29.6 Å². The van der Waals surface area contributed by atoms with Crippen LogP contribution in [0.25, 0.3) is 0 Å². The van der Waals surface area contributed by atoms with E-state index in [1.54, 1.807) is 13.8 Å². The molecule has 0 aromatic heterocycles. The van der Waals surface area contributed by atoms with Crippen molar-refractivity contribution in [3.63, 3.8) is 0 Å². The van der Waals surface area contributed by atoms with Crippen LogP contribution in [0.15, 0.2) is 12.2 Å². The Morgan fingerprint density at radius 1 is 1.21 bits per heavy atom. The molecule has 0 bridgehead atoms. The van der Waals surface area contributed by atoms with E-state index in [1.807, 2.05) is 13.8 Å². The first-order valence-corrected chi connectivity index (χ1v) is 9.19. The van der Waals surface area contributed by atoms with E-state index < -0.39 is 17.5 Å². The van der Waals surface area contributed by atoms with Gasteiger partial charge in [0.2, 0.25) is 0 Å². The minimum absolute atomic E-state index is 0.0232. The maximum atomic E-state index is 12.8. The van der Waals surface area contributed by atoms with Crippen molar-refractivity contribution in [2.24, 2.45) is 23.2 Å². The Balaban J connectivity index is 2.87. The molecule has 1 N–H and O–H groups in total. The molecule has 4 nitrogen and oxygen atoms in total. The molecular formula is C20H34O4. The minimum atomic E-state index is -1.02. The fraction of sp³-hybridized carbons (Fsp3) is 0.800. The molecule has 0 aromatic carbocycles. The zero-order valence-corrected chi connectivity index (χ0v) is 15.9. The van der Waals surface area contributed by atoms with Gasteiger partial charge < -0.3 is 9.84 Å². The predicted molar refractivity (Wildman–Crippen MR) is 95.5 cm³/mol. The van der Waals surface area contributed by atoms with E-state index in [0.717, 1.165) is 25.7 Å². The molecule has 3 unspecified atom stereocenters. The summed E-state index contributed by atoms with van der Waals surface area (Å²) in [5, 5.41) is 10.4. The summed E-state index contributed by atoms with van der Waals surface area (Å²) in [6.07, 6.45) is 7.08. The van der Waals surface area contributed by atoms with Gasteiger partial charge in [0.15, 0.2) is 0 Å². The molecule has 1 rings (SSSR count). The minimum Gasteiger partial charge on any atom is -0.465 e. The first-order chi connectivity index (χ1) is 11.1. The molecule has 4 heteroatoms. The van der Waals surface area contributed by atoms with Crippen LogP contribution in [0.1, 0.15) is 66.7 Å². The summed E-state index contributed by atoms with van der Waals surface area (Å²) in [4.78, 5) is 24.7. The highest BCUT2D eigenvalue weighted by Gasteiger charge is 2.39. The Labute approximate surface area is 146 Å². The molecule has 0 aliphatic carbocycles. The van der Waals surface area contributed by atoms with E-state index in [4.69, 9.17) is 4.74 Å². The van der Waals surface area contributed by atoms with Crippen molar-refractivity contribution in [2.45, 2.75) is 72.8 Å². The number of Topliss-reactive ketones (excluding diaryl/α,β-unsaturated/α-hetero) is 1. The van der Waals surface area contributed by atoms with Crippen LogP contribution in [0.4, 0.5) is 0 Å². The number of allylic oxidation sites excluding steroid dienone is 1. The highest BCUT2D eigenvalue weighted by Crippen LogP contribution is 2.31. The van der Waals surface area contributed by atoms with Gasteiger partial charge in [-0.05, 0) is 25.2 Å². The molecule has 1 aliphatic heterocycles. The van der Waals surface area contributed by atoms with Crippen LogP contribution >= 0.6 is 0 Å². The van der Waals surface area contributed by atoms with Crippen molar-refractivity contribution in [3.05, 3.63) is 12.2 Å². The maximum absolute atomic E-state index is 12.8. The molecule has 0 spiro atoms. The Hall–Kier alpha value is -1.16. The van der Waals surface area contributed by atoms with Gasteiger partial charge in [-0.2, -0.15) is 0 Å². The van der Waals surface area contributed by atoms with Crippen LogP contribution in [0.3, 0.4) is 0 Å². The van der Waals surface area contributed by atoms with Crippen LogP contribution in [-0.2, 0) is 14.3 Å². The second-order valence-corrected chi connectivity index (χ2v) is 8.07. The van der Waals surface area contributed by atoms with E-state index in [0.29, 0.717) is 12.5 Å². The highest BCUT2D eigenvalue weighted by atomic mass is 16.5. The van der Waals surface area contributed by atoms with Gasteiger partial charge >= 0.3 is 5.97 Å². The predicted octanol–water partition coefficient (Wildman–Crippen LogP) is 3.91. The monoisotopic (exact) mass is 338 g/mol. The molecule has 0 saturated carbocycles. The molecule has 0 radical (unpaired) electrons. The number of hydrogen-bond acceptors (Lipinski definition) is 4. The second-order valence-electron chi connectivity index (χ2n) is 8.07. The Morgan fingerprint density at radius 2 is 1.88 bits per heavy atom. The number of aliphatic hydroxyl groups excluding tert-OH is 1. The molecule has 0 saturated heterocycles. The smallest absolute Gasteiger partial charge is 0.308 e. The van der Waals surface area contributed by atoms with Gasteiger partial charge in [-0.3, -0.25) is 9.59 Å². The summed E-state index contributed by atoms with van der Waals surface area (Å²) in [7, 11) is 0. The third kappa shape index (κ3) is 6.39. The lowest BCUT2D eigenvalue weighted by Crippen LogP contribution is -2.42. The normalized spacial score (nSPS) is 35.2. The average molecular weight is 338 g/mol. The van der Waals surface area contributed by atoms with Crippen LogP contribution < -0.4 is 0 Å². The van der Waals surface area contributed by atoms with Gasteiger partial charge in [-0.1, -0.05) is 53.2 Å². The van der Waals surface area contributed by atoms with E-state index in [2.05, 4.69) is 19.1 Å². The number of ether oxygens (including phenoxy) is 1. The SMILES string of the molecule is CC1CCC/C=C\[C@H](C)COC(=O)CC(O)C(C)(C)C(=O)C(C)C1. The van der Waals surface area contributed by atoms with Crippen LogP contribution in [0, 0.1) is 23.2 Å². The Morgan fingerprint density at radius 3 is 2.54 bits per heavy atom. The van der Waals surface area contributed by atoms with E-state index >= 15 is 0 Å². The van der Waals surface area contributed by atoms with E-state index in [1.165, 1.54) is 0 Å².